The molecule has 0 spiro atoms. The number of anilines is 2. The van der Waals surface area contributed by atoms with Gasteiger partial charge in [0.25, 0.3) is 5.91 Å². The van der Waals surface area contributed by atoms with Crippen LogP contribution in [0.25, 0.3) is 22.0 Å². The van der Waals surface area contributed by atoms with Gasteiger partial charge in [-0.25, -0.2) is 4.79 Å². The highest BCUT2D eigenvalue weighted by molar-refractivity contribution is 6.03. The van der Waals surface area contributed by atoms with Gasteiger partial charge in [0.05, 0.1) is 5.52 Å². The lowest BCUT2D eigenvalue weighted by Crippen LogP contribution is -2.43. The normalized spacial score (nSPS) is 11.8. The van der Waals surface area contributed by atoms with E-state index in [0.29, 0.717) is 73.8 Å². The van der Waals surface area contributed by atoms with Crippen LogP contribution in [0.15, 0.2) is 71.8 Å². The van der Waals surface area contributed by atoms with Gasteiger partial charge in [-0.05, 0) is 109 Å². The molecular weight excluding hydrogens is 653 g/mol. The molecule has 0 radical (unpaired) electrons. The highest BCUT2D eigenvalue weighted by Gasteiger charge is 2.24. The molecular formula is C41H58N8O3. The SMILES string of the molecule is CCn1c(NCCN(C(C)C)C(C)C)c(C(=O)NCCN(C(C)C)C(C)C)c(=O)c2ccc(-c3ccc(NC(=O)NCc4cccnc4)cc3)cc21. The van der Waals surface area contributed by atoms with Gasteiger partial charge in [0, 0.05) is 86.9 Å². The molecule has 0 saturated carbocycles. The predicted molar refractivity (Wildman–Crippen MR) is 214 cm³/mol. The molecule has 11 nitrogen and oxygen atoms in total. The quantitative estimate of drug-likeness (QED) is 0.0953. The summed E-state index contributed by atoms with van der Waals surface area (Å²) in [5.74, 6) is 0.161. The molecule has 4 aromatic rings. The average Bonchev–Trinajstić information content (AvgIpc) is 3.11. The van der Waals surface area contributed by atoms with Crippen molar-refractivity contribution in [1.82, 2.24) is 30.0 Å². The smallest absolute Gasteiger partial charge is 0.319 e. The van der Waals surface area contributed by atoms with E-state index in [9.17, 15) is 14.4 Å². The maximum Gasteiger partial charge on any atom is 0.319 e. The lowest BCUT2D eigenvalue weighted by Gasteiger charge is -2.31. The van der Waals surface area contributed by atoms with E-state index in [1.807, 2.05) is 66.1 Å². The van der Waals surface area contributed by atoms with Crippen molar-refractivity contribution in [2.24, 2.45) is 0 Å². The lowest BCUT2D eigenvalue weighted by atomic mass is 10.0. The number of aromatic nitrogens is 2. The number of carbonyl (C=O) groups is 2. The highest BCUT2D eigenvalue weighted by Crippen LogP contribution is 2.28. The lowest BCUT2D eigenvalue weighted by molar-refractivity contribution is 0.0938. The highest BCUT2D eigenvalue weighted by atomic mass is 16.2. The molecule has 11 heteroatoms. The van der Waals surface area contributed by atoms with Crippen LogP contribution >= 0.6 is 0 Å². The summed E-state index contributed by atoms with van der Waals surface area (Å²) in [6.07, 6.45) is 3.41. The third-order valence-electron chi connectivity index (χ3n) is 9.43. The van der Waals surface area contributed by atoms with E-state index >= 15 is 0 Å². The van der Waals surface area contributed by atoms with Crippen LogP contribution < -0.4 is 26.7 Å². The zero-order valence-corrected chi connectivity index (χ0v) is 32.4. The Bertz CT molecular complexity index is 1820. The second-order valence-corrected chi connectivity index (χ2v) is 14.3. The van der Waals surface area contributed by atoms with Gasteiger partial charge in [-0.2, -0.15) is 0 Å². The molecule has 0 unspecified atom stereocenters. The van der Waals surface area contributed by atoms with E-state index in [-0.39, 0.29) is 22.9 Å². The largest absolute Gasteiger partial charge is 0.369 e. The topological polar surface area (TPSA) is 124 Å². The Kier molecular flexibility index (Phi) is 14.4. The van der Waals surface area contributed by atoms with Gasteiger partial charge in [-0.1, -0.05) is 24.3 Å². The average molecular weight is 711 g/mol. The van der Waals surface area contributed by atoms with Crippen molar-refractivity contribution in [1.29, 1.82) is 0 Å². The number of aryl methyl sites for hydroxylation is 1. The molecule has 4 rings (SSSR count). The van der Waals surface area contributed by atoms with Crippen molar-refractivity contribution in [2.75, 3.05) is 36.8 Å². The van der Waals surface area contributed by atoms with E-state index in [1.165, 1.54) is 0 Å². The first-order valence-corrected chi connectivity index (χ1v) is 18.6. The van der Waals surface area contributed by atoms with Crippen molar-refractivity contribution < 1.29 is 9.59 Å². The van der Waals surface area contributed by atoms with Gasteiger partial charge >= 0.3 is 6.03 Å². The summed E-state index contributed by atoms with van der Waals surface area (Å²) in [7, 11) is 0. The van der Waals surface area contributed by atoms with Gasteiger partial charge in [0.1, 0.15) is 11.4 Å². The van der Waals surface area contributed by atoms with Gasteiger partial charge in [-0.3, -0.25) is 24.4 Å². The summed E-state index contributed by atoms with van der Waals surface area (Å²) in [5, 5.41) is 12.8. The predicted octanol–water partition coefficient (Wildman–Crippen LogP) is 6.78. The zero-order valence-electron chi connectivity index (χ0n) is 32.4. The number of fused-ring (bicyclic) bond motifs is 1. The van der Waals surface area contributed by atoms with Crippen molar-refractivity contribution in [3.8, 4) is 11.1 Å². The van der Waals surface area contributed by atoms with E-state index in [0.717, 1.165) is 28.8 Å². The van der Waals surface area contributed by atoms with Crippen LogP contribution in [0, 0.1) is 0 Å². The molecule has 52 heavy (non-hydrogen) atoms. The minimum Gasteiger partial charge on any atom is -0.369 e. The van der Waals surface area contributed by atoms with E-state index in [1.54, 1.807) is 12.4 Å². The molecule has 2 aromatic carbocycles. The van der Waals surface area contributed by atoms with Crippen LogP contribution in [0.4, 0.5) is 16.3 Å². The summed E-state index contributed by atoms with van der Waals surface area (Å²) in [6, 6.07) is 18.1. The fourth-order valence-electron chi connectivity index (χ4n) is 6.87. The van der Waals surface area contributed by atoms with Crippen molar-refractivity contribution in [2.45, 2.75) is 99.6 Å². The Balaban J connectivity index is 1.64. The number of nitrogens with zero attached hydrogens (tertiary/aromatic N) is 4. The fourth-order valence-corrected chi connectivity index (χ4v) is 6.87. The minimum absolute atomic E-state index is 0.139. The summed E-state index contributed by atoms with van der Waals surface area (Å²) < 4.78 is 2.04. The van der Waals surface area contributed by atoms with Crippen LogP contribution in [0.1, 0.15) is 78.2 Å². The minimum atomic E-state index is -0.370. The Morgan fingerprint density at radius 1 is 0.788 bits per heavy atom. The number of rotatable bonds is 17. The molecule has 2 aromatic heterocycles. The standard InChI is InChI=1S/C41H58N8O3/c1-10-47-36-24-33(32-13-16-34(17-14-32)46-41(52)45-26-31-12-11-19-42-25-31)15-18-35(36)38(50)37(39(47)43-20-22-48(27(2)3)28(4)5)40(51)44-21-23-49(29(6)7)30(8)9/h11-19,24-25,27-30,43H,10,20-23,26H2,1-9H3,(H,44,51)(H2,45,46,52). The van der Waals surface area contributed by atoms with Crippen LogP contribution in [-0.2, 0) is 13.1 Å². The first-order chi connectivity index (χ1) is 24.8. The summed E-state index contributed by atoms with van der Waals surface area (Å²) in [4.78, 5) is 49.4. The summed E-state index contributed by atoms with van der Waals surface area (Å²) in [5.41, 5.74) is 4.00. The molecule has 0 aliphatic heterocycles. The fraction of sp³-hybridized carbons (Fsp3) is 0.463. The molecule has 0 aliphatic carbocycles. The molecule has 0 saturated heterocycles. The molecule has 4 N–H and O–H groups in total. The Morgan fingerprint density at radius 2 is 1.40 bits per heavy atom. The van der Waals surface area contributed by atoms with Crippen molar-refractivity contribution >= 4 is 34.3 Å². The van der Waals surface area contributed by atoms with E-state index < -0.39 is 0 Å². The monoisotopic (exact) mass is 710 g/mol. The van der Waals surface area contributed by atoms with Gasteiger partial charge < -0.3 is 25.8 Å². The first-order valence-electron chi connectivity index (χ1n) is 18.6. The number of pyridine rings is 2. The molecule has 3 amide bonds. The number of benzene rings is 2. The van der Waals surface area contributed by atoms with Crippen LogP contribution in [-0.4, -0.2) is 81.6 Å². The number of amides is 3. The Morgan fingerprint density at radius 3 is 1.98 bits per heavy atom. The molecule has 0 fully saturated rings. The van der Waals surface area contributed by atoms with Crippen molar-refractivity contribution in [3.05, 3.63) is 88.3 Å². The van der Waals surface area contributed by atoms with Crippen LogP contribution in [0.3, 0.4) is 0 Å². The number of nitrogens with one attached hydrogen (secondary N) is 4. The Labute approximate surface area is 309 Å². The molecule has 0 bridgehead atoms. The van der Waals surface area contributed by atoms with E-state index in [2.05, 4.69) is 91.4 Å². The molecule has 0 aliphatic rings. The second kappa shape index (κ2) is 18.7. The third kappa shape index (κ3) is 10.2. The van der Waals surface area contributed by atoms with Crippen LogP contribution in [0.5, 0.6) is 0 Å². The number of urea groups is 1. The maximum atomic E-state index is 14.2. The Hall–Kier alpha value is -4.74. The van der Waals surface area contributed by atoms with Crippen molar-refractivity contribution in [3.63, 3.8) is 0 Å². The van der Waals surface area contributed by atoms with Gasteiger partial charge in [0.15, 0.2) is 0 Å². The third-order valence-corrected chi connectivity index (χ3v) is 9.43. The number of hydrogen-bond donors (Lipinski definition) is 4. The molecule has 0 atom stereocenters. The molecule has 2 heterocycles. The van der Waals surface area contributed by atoms with Crippen LogP contribution in [0.2, 0.25) is 0 Å². The zero-order chi connectivity index (χ0) is 37.9. The summed E-state index contributed by atoms with van der Waals surface area (Å²) in [6.45, 7) is 22.7. The van der Waals surface area contributed by atoms with E-state index in [4.69, 9.17) is 0 Å². The maximum absolute atomic E-state index is 14.2. The van der Waals surface area contributed by atoms with Gasteiger partial charge in [-0.15, -0.1) is 0 Å². The molecule has 280 valence electrons. The first kappa shape index (κ1) is 40.0. The number of carbonyl (C=O) groups excluding carboxylic acids is 2. The second-order valence-electron chi connectivity index (χ2n) is 14.3. The number of hydrogen-bond acceptors (Lipinski definition) is 7. The van der Waals surface area contributed by atoms with Gasteiger partial charge in [0.2, 0.25) is 5.43 Å². The summed E-state index contributed by atoms with van der Waals surface area (Å²) >= 11 is 0.